The van der Waals surface area contributed by atoms with E-state index >= 15 is 0 Å². The van der Waals surface area contributed by atoms with Crippen molar-refractivity contribution in [1.82, 2.24) is 10.2 Å². The van der Waals surface area contributed by atoms with E-state index in [2.05, 4.69) is 10.6 Å². The van der Waals surface area contributed by atoms with Crippen LogP contribution < -0.4 is 15.4 Å². The van der Waals surface area contributed by atoms with Crippen LogP contribution in [0.25, 0.3) is 0 Å². The second-order valence-electron chi connectivity index (χ2n) is 6.82. The number of carbonyl (C=O) groups excluding carboxylic acids is 4. The number of nitrogens with one attached hydrogen (secondary N) is 2. The third-order valence-corrected chi connectivity index (χ3v) is 4.71. The Bertz CT molecular complexity index is 1000. The lowest BCUT2D eigenvalue weighted by molar-refractivity contribution is -0.122. The number of rotatable bonds is 8. The van der Waals surface area contributed by atoms with Gasteiger partial charge in [-0.15, -0.1) is 0 Å². The zero-order valence-electron chi connectivity index (χ0n) is 16.9. The molecule has 1 heterocycles. The number of benzene rings is 2. The second kappa shape index (κ2) is 9.21. The van der Waals surface area contributed by atoms with Crippen molar-refractivity contribution in [2.24, 2.45) is 0 Å². The van der Waals surface area contributed by atoms with E-state index in [1.165, 1.54) is 30.1 Å². The molecule has 0 aliphatic carbocycles. The summed E-state index contributed by atoms with van der Waals surface area (Å²) in [7, 11) is 1.51. The molecule has 0 spiro atoms. The summed E-state index contributed by atoms with van der Waals surface area (Å²) in [5.74, 6) is -0.958. The summed E-state index contributed by atoms with van der Waals surface area (Å²) in [6, 6.07) is 11.1. The predicted molar refractivity (Wildman–Crippen MR) is 111 cm³/mol. The Morgan fingerprint density at radius 2 is 1.80 bits per heavy atom. The highest BCUT2D eigenvalue weighted by molar-refractivity contribution is 6.22. The number of hydrogen-bond acceptors (Lipinski definition) is 5. The Hall–Kier alpha value is -3.68. The number of ether oxygens (including phenoxy) is 1. The average Bonchev–Trinajstić information content (AvgIpc) is 3.00. The molecule has 0 saturated heterocycles. The number of fused-ring (bicyclic) bond motifs is 1. The van der Waals surface area contributed by atoms with Crippen LogP contribution in [-0.4, -0.2) is 48.7 Å². The van der Waals surface area contributed by atoms with Crippen LogP contribution in [0, 0.1) is 0 Å². The summed E-state index contributed by atoms with van der Waals surface area (Å²) < 4.78 is 5.37. The molecule has 0 fully saturated rings. The van der Waals surface area contributed by atoms with Crippen molar-refractivity contribution in [1.29, 1.82) is 0 Å². The smallest absolute Gasteiger partial charge is 0.261 e. The van der Waals surface area contributed by atoms with Crippen LogP contribution in [0.15, 0.2) is 42.5 Å². The summed E-state index contributed by atoms with van der Waals surface area (Å²) in [5.41, 5.74) is 1.30. The van der Waals surface area contributed by atoms with Gasteiger partial charge in [-0.25, -0.2) is 0 Å². The molecule has 30 heavy (non-hydrogen) atoms. The molecule has 1 aliphatic heterocycles. The fraction of sp³-hybridized carbons (Fsp3) is 0.273. The standard InChI is InChI=1S/C22H23N3O5/c1-3-4-10-25-21(28)17-9-8-14(11-18(17)22(25)29)20(27)24-15-6-5-7-16(12-15)30-13-19(26)23-2/h5-9,11-12H,3-4,10,13H2,1-2H3,(H,23,26)(H,24,27). The Balaban J connectivity index is 1.72. The average molecular weight is 409 g/mol. The van der Waals surface area contributed by atoms with Crippen molar-refractivity contribution in [2.45, 2.75) is 19.8 Å². The molecule has 3 rings (SSSR count). The maximum absolute atomic E-state index is 12.7. The number of imide groups is 1. The number of carbonyl (C=O) groups is 4. The van der Waals surface area contributed by atoms with Crippen LogP contribution in [0.4, 0.5) is 5.69 Å². The lowest BCUT2D eigenvalue weighted by Gasteiger charge is -2.12. The molecule has 0 atom stereocenters. The molecule has 0 saturated carbocycles. The zero-order valence-corrected chi connectivity index (χ0v) is 16.9. The molecule has 2 aromatic rings. The fourth-order valence-electron chi connectivity index (χ4n) is 3.04. The summed E-state index contributed by atoms with van der Waals surface area (Å²) in [4.78, 5) is 50.2. The number of hydrogen-bond donors (Lipinski definition) is 2. The normalized spacial score (nSPS) is 12.5. The van der Waals surface area contributed by atoms with E-state index in [4.69, 9.17) is 4.74 Å². The lowest BCUT2D eigenvalue weighted by atomic mass is 10.1. The van der Waals surface area contributed by atoms with Crippen molar-refractivity contribution in [3.8, 4) is 5.75 Å². The summed E-state index contributed by atoms with van der Waals surface area (Å²) in [5, 5.41) is 5.19. The summed E-state index contributed by atoms with van der Waals surface area (Å²) in [6.45, 7) is 2.22. The second-order valence-corrected chi connectivity index (χ2v) is 6.82. The van der Waals surface area contributed by atoms with E-state index in [0.29, 0.717) is 23.5 Å². The number of amides is 4. The van der Waals surface area contributed by atoms with Gasteiger partial charge >= 0.3 is 0 Å². The number of likely N-dealkylation sites (N-methyl/N-ethyl adjacent to an activating group) is 1. The van der Waals surface area contributed by atoms with E-state index in [1.807, 2.05) is 6.92 Å². The van der Waals surface area contributed by atoms with Crippen LogP contribution in [0.1, 0.15) is 50.8 Å². The molecule has 0 unspecified atom stereocenters. The maximum atomic E-state index is 12.7. The van der Waals surface area contributed by atoms with Gasteiger partial charge in [0, 0.05) is 30.9 Å². The van der Waals surface area contributed by atoms with Crippen molar-refractivity contribution < 1.29 is 23.9 Å². The first-order valence-electron chi connectivity index (χ1n) is 9.69. The van der Waals surface area contributed by atoms with Crippen molar-refractivity contribution in [3.63, 3.8) is 0 Å². The van der Waals surface area contributed by atoms with E-state index in [1.54, 1.807) is 24.3 Å². The van der Waals surface area contributed by atoms with Crippen LogP contribution in [0.3, 0.4) is 0 Å². The molecule has 2 N–H and O–H groups in total. The minimum Gasteiger partial charge on any atom is -0.484 e. The van der Waals surface area contributed by atoms with Crippen molar-refractivity contribution in [2.75, 3.05) is 25.5 Å². The van der Waals surface area contributed by atoms with Gasteiger partial charge in [-0.3, -0.25) is 24.1 Å². The van der Waals surface area contributed by atoms with E-state index in [0.717, 1.165) is 12.8 Å². The van der Waals surface area contributed by atoms with E-state index in [-0.39, 0.29) is 35.5 Å². The van der Waals surface area contributed by atoms with Gasteiger partial charge in [0.25, 0.3) is 23.6 Å². The van der Waals surface area contributed by atoms with Crippen LogP contribution in [0.5, 0.6) is 5.75 Å². The van der Waals surface area contributed by atoms with Gasteiger partial charge in [0.15, 0.2) is 6.61 Å². The summed E-state index contributed by atoms with van der Waals surface area (Å²) in [6.07, 6.45) is 1.60. The molecule has 156 valence electrons. The van der Waals surface area contributed by atoms with E-state index < -0.39 is 5.91 Å². The minimum atomic E-state index is -0.423. The zero-order chi connectivity index (χ0) is 21.7. The molecule has 8 heteroatoms. The maximum Gasteiger partial charge on any atom is 0.261 e. The topological polar surface area (TPSA) is 105 Å². The summed E-state index contributed by atoms with van der Waals surface area (Å²) >= 11 is 0. The highest BCUT2D eigenvalue weighted by atomic mass is 16.5. The van der Waals surface area contributed by atoms with Gasteiger partial charge in [0.2, 0.25) is 0 Å². The van der Waals surface area contributed by atoms with Crippen LogP contribution in [-0.2, 0) is 4.79 Å². The third kappa shape index (κ3) is 4.48. The third-order valence-electron chi connectivity index (χ3n) is 4.71. The van der Waals surface area contributed by atoms with Crippen molar-refractivity contribution >= 4 is 29.3 Å². The van der Waals surface area contributed by atoms with Gasteiger partial charge in [0.1, 0.15) is 5.75 Å². The highest BCUT2D eigenvalue weighted by Gasteiger charge is 2.35. The predicted octanol–water partition coefficient (Wildman–Crippen LogP) is 2.46. The molecule has 0 radical (unpaired) electrons. The van der Waals surface area contributed by atoms with E-state index in [9.17, 15) is 19.2 Å². The molecule has 0 aromatic heterocycles. The Labute approximate surface area is 174 Å². The Kier molecular flexibility index (Phi) is 6.46. The molecule has 2 aromatic carbocycles. The lowest BCUT2D eigenvalue weighted by Crippen LogP contribution is -2.30. The van der Waals surface area contributed by atoms with Gasteiger partial charge in [0.05, 0.1) is 11.1 Å². The molecule has 8 nitrogen and oxygen atoms in total. The Morgan fingerprint density at radius 3 is 2.53 bits per heavy atom. The van der Waals surface area contributed by atoms with Gasteiger partial charge in [-0.2, -0.15) is 0 Å². The van der Waals surface area contributed by atoms with Crippen molar-refractivity contribution in [3.05, 3.63) is 59.2 Å². The minimum absolute atomic E-state index is 0.136. The SMILES string of the molecule is CCCCN1C(=O)c2ccc(C(=O)Nc3cccc(OCC(=O)NC)c3)cc2C1=O. The molecule has 4 amide bonds. The van der Waals surface area contributed by atoms with Crippen LogP contribution >= 0.6 is 0 Å². The largest absolute Gasteiger partial charge is 0.484 e. The van der Waals surface area contributed by atoms with Gasteiger partial charge in [-0.05, 0) is 36.8 Å². The van der Waals surface area contributed by atoms with Gasteiger partial charge < -0.3 is 15.4 Å². The highest BCUT2D eigenvalue weighted by Crippen LogP contribution is 2.25. The molecule has 0 bridgehead atoms. The number of unbranched alkanes of at least 4 members (excludes halogenated alkanes) is 1. The molecule has 1 aliphatic rings. The fourth-order valence-corrected chi connectivity index (χ4v) is 3.04. The number of anilines is 1. The monoisotopic (exact) mass is 409 g/mol. The number of nitrogens with zero attached hydrogens (tertiary/aromatic N) is 1. The molecular weight excluding hydrogens is 386 g/mol. The first-order chi connectivity index (χ1) is 14.4. The van der Waals surface area contributed by atoms with Crippen LogP contribution in [0.2, 0.25) is 0 Å². The van der Waals surface area contributed by atoms with Gasteiger partial charge in [-0.1, -0.05) is 19.4 Å². The Morgan fingerprint density at radius 1 is 1.03 bits per heavy atom. The quantitative estimate of drug-likeness (QED) is 0.652. The molecular formula is C22H23N3O5. The first-order valence-corrected chi connectivity index (χ1v) is 9.69. The first kappa shape index (κ1) is 21.0.